The lowest BCUT2D eigenvalue weighted by atomic mass is 9.73. The summed E-state index contributed by atoms with van der Waals surface area (Å²) < 4.78 is 40.4. The second-order valence-corrected chi connectivity index (χ2v) is 10.2. The Labute approximate surface area is 165 Å². The van der Waals surface area contributed by atoms with Crippen LogP contribution in [0.15, 0.2) is 12.1 Å². The summed E-state index contributed by atoms with van der Waals surface area (Å²) in [5.74, 6) is 0.875. The molecule has 5 nitrogen and oxygen atoms in total. The molecule has 0 amide bonds. The summed E-state index contributed by atoms with van der Waals surface area (Å²) in [6.07, 6.45) is 1.72. The zero-order valence-corrected chi connectivity index (χ0v) is 19.1. The van der Waals surface area contributed by atoms with Crippen LogP contribution in [0.2, 0.25) is 0 Å². The van der Waals surface area contributed by atoms with E-state index < -0.39 is 17.0 Å². The van der Waals surface area contributed by atoms with E-state index in [1.54, 1.807) is 0 Å². The monoisotopic (exact) mass is 398 g/mol. The Hall–Kier alpha value is -1.05. The van der Waals surface area contributed by atoms with Gasteiger partial charge in [0.2, 0.25) is 0 Å². The fourth-order valence-corrected chi connectivity index (χ4v) is 3.50. The SMILES string of the molecule is CC.Cc1cc(OCCCS(C)(=O)=O)cc(C)c1B1OC(C)(C)C(C)(C)O1. The van der Waals surface area contributed by atoms with Gasteiger partial charge in [-0.3, -0.25) is 0 Å². The van der Waals surface area contributed by atoms with E-state index in [1.165, 1.54) is 6.26 Å². The van der Waals surface area contributed by atoms with Crippen LogP contribution < -0.4 is 10.2 Å². The molecular weight excluding hydrogens is 363 g/mol. The molecule has 1 aliphatic rings. The molecule has 2 rings (SSSR count). The van der Waals surface area contributed by atoms with Crippen LogP contribution in [0.25, 0.3) is 0 Å². The Morgan fingerprint density at radius 1 is 1.00 bits per heavy atom. The van der Waals surface area contributed by atoms with Crippen LogP contribution in [0, 0.1) is 13.8 Å². The van der Waals surface area contributed by atoms with Gasteiger partial charge in [0.25, 0.3) is 0 Å². The first-order valence-electron chi connectivity index (χ1n) is 9.60. The standard InChI is InChI=1S/C18H29BO5S.C2H6/c1-13-11-15(22-9-8-10-25(7,20)21)12-14(2)16(13)19-23-17(3,4)18(5,6)24-19;1-2/h11-12H,8-10H2,1-7H3;1-2H3. The first kappa shape index (κ1) is 24.0. The van der Waals surface area contributed by atoms with E-state index in [4.69, 9.17) is 14.0 Å². The van der Waals surface area contributed by atoms with Crippen LogP contribution >= 0.6 is 0 Å². The van der Waals surface area contributed by atoms with Gasteiger partial charge >= 0.3 is 7.12 Å². The van der Waals surface area contributed by atoms with Crippen molar-refractivity contribution in [3.05, 3.63) is 23.3 Å². The summed E-state index contributed by atoms with van der Waals surface area (Å²) in [5, 5.41) is 0. The number of hydrogen-bond donors (Lipinski definition) is 0. The van der Waals surface area contributed by atoms with E-state index in [1.807, 2.05) is 67.5 Å². The first-order valence-corrected chi connectivity index (χ1v) is 11.7. The van der Waals surface area contributed by atoms with Gasteiger partial charge in [0, 0.05) is 6.26 Å². The van der Waals surface area contributed by atoms with Crippen molar-refractivity contribution in [1.29, 1.82) is 0 Å². The van der Waals surface area contributed by atoms with Gasteiger partial charge in [0.1, 0.15) is 15.6 Å². The normalized spacial score (nSPS) is 18.0. The van der Waals surface area contributed by atoms with Crippen LogP contribution in [0.3, 0.4) is 0 Å². The molecule has 0 aromatic heterocycles. The third-order valence-corrected chi connectivity index (χ3v) is 6.01. The average molecular weight is 398 g/mol. The number of hydrogen-bond acceptors (Lipinski definition) is 5. The van der Waals surface area contributed by atoms with E-state index in [0.29, 0.717) is 13.0 Å². The highest BCUT2D eigenvalue weighted by Crippen LogP contribution is 2.37. The molecule has 1 heterocycles. The molecule has 1 aliphatic heterocycles. The lowest BCUT2D eigenvalue weighted by molar-refractivity contribution is 0.00578. The Kier molecular flexibility index (Phi) is 7.97. The number of benzene rings is 1. The average Bonchev–Trinajstić information content (AvgIpc) is 2.72. The molecule has 1 aromatic rings. The Morgan fingerprint density at radius 3 is 1.85 bits per heavy atom. The molecular formula is C20H35BO5S. The van der Waals surface area contributed by atoms with E-state index >= 15 is 0 Å². The quantitative estimate of drug-likeness (QED) is 0.543. The maximum atomic E-state index is 11.2. The minimum absolute atomic E-state index is 0.136. The van der Waals surface area contributed by atoms with Crippen LogP contribution in [0.1, 0.15) is 59.1 Å². The van der Waals surface area contributed by atoms with Crippen LogP contribution in [-0.2, 0) is 19.1 Å². The minimum atomic E-state index is -2.95. The number of ether oxygens (including phenoxy) is 1. The van der Waals surface area contributed by atoms with Crippen molar-refractivity contribution in [3.63, 3.8) is 0 Å². The molecule has 1 fully saturated rings. The lowest BCUT2D eigenvalue weighted by Crippen LogP contribution is -2.41. The fraction of sp³-hybridized carbons (Fsp3) is 0.700. The van der Waals surface area contributed by atoms with Crippen molar-refractivity contribution in [2.24, 2.45) is 0 Å². The Balaban J connectivity index is 0.00000176. The smallest absolute Gasteiger partial charge is 0.494 e. The molecule has 0 spiro atoms. The zero-order chi connectivity index (χ0) is 21.0. The van der Waals surface area contributed by atoms with E-state index in [0.717, 1.165) is 22.3 Å². The maximum absolute atomic E-state index is 11.2. The highest BCUT2D eigenvalue weighted by Gasteiger charge is 2.52. The molecule has 0 unspecified atom stereocenters. The highest BCUT2D eigenvalue weighted by molar-refractivity contribution is 7.90. The van der Waals surface area contributed by atoms with Crippen molar-refractivity contribution >= 4 is 22.4 Å². The van der Waals surface area contributed by atoms with E-state index in [9.17, 15) is 8.42 Å². The molecule has 154 valence electrons. The van der Waals surface area contributed by atoms with Gasteiger partial charge in [-0.1, -0.05) is 13.8 Å². The van der Waals surface area contributed by atoms with E-state index in [-0.39, 0.29) is 17.0 Å². The highest BCUT2D eigenvalue weighted by atomic mass is 32.2. The predicted octanol–water partition coefficient (Wildman–Crippen LogP) is 3.44. The second kappa shape index (κ2) is 8.97. The summed E-state index contributed by atoms with van der Waals surface area (Å²) in [5.41, 5.74) is 2.35. The van der Waals surface area contributed by atoms with Gasteiger partial charge in [-0.25, -0.2) is 8.42 Å². The Bertz CT molecular complexity index is 702. The molecule has 0 bridgehead atoms. The number of sulfone groups is 1. The summed E-state index contributed by atoms with van der Waals surface area (Å²) in [4.78, 5) is 0. The third-order valence-electron chi connectivity index (χ3n) is 4.98. The molecule has 0 radical (unpaired) electrons. The summed E-state index contributed by atoms with van der Waals surface area (Å²) >= 11 is 0. The van der Waals surface area contributed by atoms with Crippen LogP contribution in [0.4, 0.5) is 0 Å². The minimum Gasteiger partial charge on any atom is -0.494 e. The van der Waals surface area contributed by atoms with Crippen molar-refractivity contribution in [2.45, 2.75) is 73.0 Å². The molecule has 0 saturated carbocycles. The zero-order valence-electron chi connectivity index (χ0n) is 18.3. The van der Waals surface area contributed by atoms with Gasteiger partial charge in [-0.05, 0) is 76.7 Å². The first-order chi connectivity index (χ1) is 12.3. The van der Waals surface area contributed by atoms with Gasteiger partial charge in [0.15, 0.2) is 0 Å². The van der Waals surface area contributed by atoms with Crippen molar-refractivity contribution in [1.82, 2.24) is 0 Å². The third kappa shape index (κ3) is 6.23. The van der Waals surface area contributed by atoms with Crippen molar-refractivity contribution in [2.75, 3.05) is 18.6 Å². The summed E-state index contributed by atoms with van der Waals surface area (Å²) in [7, 11) is -3.35. The van der Waals surface area contributed by atoms with Crippen LogP contribution in [-0.4, -0.2) is 45.4 Å². The van der Waals surface area contributed by atoms with Gasteiger partial charge in [-0.15, -0.1) is 0 Å². The summed E-state index contributed by atoms with van der Waals surface area (Å²) in [6, 6.07) is 3.90. The summed E-state index contributed by atoms with van der Waals surface area (Å²) in [6.45, 7) is 16.6. The fourth-order valence-electron chi connectivity index (χ4n) is 2.86. The van der Waals surface area contributed by atoms with Gasteiger partial charge in [0.05, 0.1) is 23.6 Å². The maximum Gasteiger partial charge on any atom is 0.495 e. The van der Waals surface area contributed by atoms with Crippen molar-refractivity contribution < 1.29 is 22.5 Å². The van der Waals surface area contributed by atoms with Crippen molar-refractivity contribution in [3.8, 4) is 5.75 Å². The topological polar surface area (TPSA) is 61.8 Å². The van der Waals surface area contributed by atoms with Gasteiger partial charge in [-0.2, -0.15) is 0 Å². The number of rotatable bonds is 6. The Morgan fingerprint density at radius 2 is 1.44 bits per heavy atom. The number of aryl methyl sites for hydroxylation is 2. The lowest BCUT2D eigenvalue weighted by Gasteiger charge is -2.32. The molecule has 27 heavy (non-hydrogen) atoms. The molecule has 0 aliphatic carbocycles. The van der Waals surface area contributed by atoms with E-state index in [2.05, 4.69) is 0 Å². The molecule has 1 aromatic carbocycles. The molecule has 7 heteroatoms. The molecule has 0 atom stereocenters. The molecule has 0 N–H and O–H groups in total. The second-order valence-electron chi connectivity index (χ2n) is 7.89. The van der Waals surface area contributed by atoms with Gasteiger partial charge < -0.3 is 14.0 Å². The largest absolute Gasteiger partial charge is 0.495 e. The van der Waals surface area contributed by atoms with Crippen LogP contribution in [0.5, 0.6) is 5.75 Å². The molecule has 1 saturated heterocycles. The predicted molar refractivity (Wildman–Crippen MR) is 113 cm³/mol.